The van der Waals surface area contributed by atoms with Crippen molar-refractivity contribution in [2.75, 3.05) is 13.1 Å². The fourth-order valence-corrected chi connectivity index (χ4v) is 3.28. The summed E-state index contributed by atoms with van der Waals surface area (Å²) in [6, 6.07) is 6.74. The highest BCUT2D eigenvalue weighted by Gasteiger charge is 2.17. The van der Waals surface area contributed by atoms with Gasteiger partial charge in [-0.05, 0) is 49.4 Å². The lowest BCUT2D eigenvalue weighted by Gasteiger charge is -2.07. The van der Waals surface area contributed by atoms with Crippen molar-refractivity contribution >= 4 is 10.9 Å². The van der Waals surface area contributed by atoms with Gasteiger partial charge in [0, 0.05) is 18.6 Å². The molecule has 3 rings (SSSR count). The van der Waals surface area contributed by atoms with E-state index in [-0.39, 0.29) is 0 Å². The molecule has 1 aromatic carbocycles. The molecule has 1 saturated heterocycles. The van der Waals surface area contributed by atoms with E-state index in [4.69, 9.17) is 0 Å². The van der Waals surface area contributed by atoms with Crippen molar-refractivity contribution in [3.8, 4) is 0 Å². The molecular formula is C16H22N2. The third-order valence-electron chi connectivity index (χ3n) is 4.22. The van der Waals surface area contributed by atoms with Crippen molar-refractivity contribution in [2.45, 2.75) is 26.2 Å². The normalized spacial score (nSPS) is 19.8. The number of hydrogen-bond donors (Lipinski definition) is 1. The van der Waals surface area contributed by atoms with E-state index in [9.17, 15) is 0 Å². The Morgan fingerprint density at radius 1 is 1.33 bits per heavy atom. The number of para-hydroxylation sites is 1. The Morgan fingerprint density at radius 2 is 2.22 bits per heavy atom. The van der Waals surface area contributed by atoms with Crippen LogP contribution >= 0.6 is 0 Å². The molecular weight excluding hydrogens is 220 g/mol. The van der Waals surface area contributed by atoms with E-state index in [1.54, 1.807) is 0 Å². The van der Waals surface area contributed by atoms with Gasteiger partial charge in [-0.15, -0.1) is 0 Å². The molecule has 1 unspecified atom stereocenters. The van der Waals surface area contributed by atoms with Gasteiger partial charge in [-0.25, -0.2) is 0 Å². The van der Waals surface area contributed by atoms with Gasteiger partial charge in [0.05, 0.1) is 5.52 Å². The number of benzene rings is 1. The predicted molar refractivity (Wildman–Crippen MR) is 77.0 cm³/mol. The molecule has 1 aromatic heterocycles. The van der Waals surface area contributed by atoms with E-state index < -0.39 is 0 Å². The third kappa shape index (κ3) is 1.95. The van der Waals surface area contributed by atoms with Gasteiger partial charge >= 0.3 is 0 Å². The average molecular weight is 242 g/mol. The van der Waals surface area contributed by atoms with Gasteiger partial charge in [0.15, 0.2) is 0 Å². The van der Waals surface area contributed by atoms with Crippen LogP contribution in [-0.2, 0) is 19.9 Å². The van der Waals surface area contributed by atoms with Crippen LogP contribution < -0.4 is 5.32 Å². The van der Waals surface area contributed by atoms with Crippen molar-refractivity contribution in [1.82, 2.24) is 9.88 Å². The first-order valence-corrected chi connectivity index (χ1v) is 7.06. The first kappa shape index (κ1) is 11.8. The van der Waals surface area contributed by atoms with Gasteiger partial charge in [-0.1, -0.05) is 25.1 Å². The topological polar surface area (TPSA) is 17.0 Å². The van der Waals surface area contributed by atoms with E-state index in [0.717, 1.165) is 12.3 Å². The fourth-order valence-electron chi connectivity index (χ4n) is 3.28. The van der Waals surface area contributed by atoms with E-state index in [1.807, 2.05) is 0 Å². The lowest BCUT2D eigenvalue weighted by atomic mass is 9.97. The van der Waals surface area contributed by atoms with Crippen LogP contribution in [0, 0.1) is 5.92 Å². The van der Waals surface area contributed by atoms with Crippen molar-refractivity contribution in [1.29, 1.82) is 0 Å². The molecule has 1 fully saturated rings. The number of hydrogen-bond acceptors (Lipinski definition) is 1. The molecule has 0 spiro atoms. The van der Waals surface area contributed by atoms with Crippen molar-refractivity contribution in [2.24, 2.45) is 13.0 Å². The van der Waals surface area contributed by atoms with Crippen LogP contribution in [0.15, 0.2) is 24.4 Å². The summed E-state index contributed by atoms with van der Waals surface area (Å²) in [4.78, 5) is 0. The molecule has 0 amide bonds. The standard InChI is InChI=1S/C16H22N2/c1-3-13-5-4-6-15-14(11-18(2)16(13)15)9-12-7-8-17-10-12/h4-6,11-12,17H,3,7-10H2,1-2H3. The van der Waals surface area contributed by atoms with Gasteiger partial charge in [0.25, 0.3) is 0 Å². The Balaban J connectivity index is 2.02. The Morgan fingerprint density at radius 3 is 2.94 bits per heavy atom. The van der Waals surface area contributed by atoms with Crippen molar-refractivity contribution < 1.29 is 0 Å². The summed E-state index contributed by atoms with van der Waals surface area (Å²) in [5, 5.41) is 4.92. The van der Waals surface area contributed by atoms with Crippen molar-refractivity contribution in [3.05, 3.63) is 35.5 Å². The minimum Gasteiger partial charge on any atom is -0.350 e. The molecule has 96 valence electrons. The van der Waals surface area contributed by atoms with Crippen molar-refractivity contribution in [3.63, 3.8) is 0 Å². The molecule has 0 radical (unpaired) electrons. The zero-order valence-corrected chi connectivity index (χ0v) is 11.4. The SMILES string of the molecule is CCc1cccc2c(CC3CCNC3)cn(C)c12. The smallest absolute Gasteiger partial charge is 0.0512 e. The molecule has 2 aromatic rings. The first-order chi connectivity index (χ1) is 8.79. The molecule has 0 aliphatic carbocycles. The van der Waals surface area contributed by atoms with Gasteiger partial charge in [-0.3, -0.25) is 0 Å². The highest BCUT2D eigenvalue weighted by atomic mass is 14.9. The molecule has 1 aliphatic heterocycles. The molecule has 2 heteroatoms. The second-order valence-electron chi connectivity index (χ2n) is 5.50. The molecule has 1 N–H and O–H groups in total. The minimum absolute atomic E-state index is 0.820. The molecule has 2 nitrogen and oxygen atoms in total. The van der Waals surface area contributed by atoms with Crippen LogP contribution in [0.25, 0.3) is 10.9 Å². The summed E-state index contributed by atoms with van der Waals surface area (Å²) in [7, 11) is 2.18. The number of aromatic nitrogens is 1. The van der Waals surface area contributed by atoms with Crippen LogP contribution in [0.4, 0.5) is 0 Å². The van der Waals surface area contributed by atoms with E-state index in [1.165, 1.54) is 48.0 Å². The van der Waals surface area contributed by atoms with Gasteiger partial charge < -0.3 is 9.88 Å². The first-order valence-electron chi connectivity index (χ1n) is 7.06. The third-order valence-corrected chi connectivity index (χ3v) is 4.22. The summed E-state index contributed by atoms with van der Waals surface area (Å²) < 4.78 is 2.31. The van der Waals surface area contributed by atoms with Crippen LogP contribution in [0.3, 0.4) is 0 Å². The highest BCUT2D eigenvalue weighted by Crippen LogP contribution is 2.27. The van der Waals surface area contributed by atoms with Gasteiger partial charge in [-0.2, -0.15) is 0 Å². The zero-order chi connectivity index (χ0) is 12.5. The quantitative estimate of drug-likeness (QED) is 0.875. The monoisotopic (exact) mass is 242 g/mol. The maximum atomic E-state index is 3.46. The molecule has 18 heavy (non-hydrogen) atoms. The molecule has 1 aliphatic rings. The molecule has 1 atom stereocenters. The number of nitrogens with zero attached hydrogens (tertiary/aromatic N) is 1. The number of nitrogens with one attached hydrogen (secondary N) is 1. The summed E-state index contributed by atoms with van der Waals surface area (Å²) in [5.74, 6) is 0.820. The second-order valence-corrected chi connectivity index (χ2v) is 5.50. The summed E-state index contributed by atoms with van der Waals surface area (Å²) in [6.45, 7) is 4.61. The van der Waals surface area contributed by atoms with E-state index >= 15 is 0 Å². The minimum atomic E-state index is 0.820. The summed E-state index contributed by atoms with van der Waals surface area (Å²) >= 11 is 0. The summed E-state index contributed by atoms with van der Waals surface area (Å²) in [6.07, 6.45) is 5.99. The van der Waals surface area contributed by atoms with Gasteiger partial charge in [0.2, 0.25) is 0 Å². The Labute approximate surface area is 109 Å². The lowest BCUT2D eigenvalue weighted by Crippen LogP contribution is -2.10. The maximum absolute atomic E-state index is 3.46. The average Bonchev–Trinajstić information content (AvgIpc) is 2.99. The number of rotatable bonds is 3. The summed E-state index contributed by atoms with van der Waals surface area (Å²) in [5.41, 5.74) is 4.42. The van der Waals surface area contributed by atoms with Crippen LogP contribution in [0.2, 0.25) is 0 Å². The maximum Gasteiger partial charge on any atom is 0.0512 e. The van der Waals surface area contributed by atoms with Crippen LogP contribution in [0.5, 0.6) is 0 Å². The van der Waals surface area contributed by atoms with Crippen LogP contribution in [-0.4, -0.2) is 17.7 Å². The molecule has 0 bridgehead atoms. The van der Waals surface area contributed by atoms with E-state index in [2.05, 4.69) is 48.3 Å². The number of fused-ring (bicyclic) bond motifs is 1. The molecule has 0 saturated carbocycles. The Hall–Kier alpha value is -1.28. The zero-order valence-electron chi connectivity index (χ0n) is 11.4. The fraction of sp³-hybridized carbons (Fsp3) is 0.500. The number of aryl methyl sites for hydroxylation is 2. The predicted octanol–water partition coefficient (Wildman–Crippen LogP) is 2.89. The highest BCUT2D eigenvalue weighted by molar-refractivity contribution is 5.86. The lowest BCUT2D eigenvalue weighted by molar-refractivity contribution is 0.581. The van der Waals surface area contributed by atoms with Crippen LogP contribution in [0.1, 0.15) is 24.5 Å². The van der Waals surface area contributed by atoms with Gasteiger partial charge in [0.1, 0.15) is 0 Å². The van der Waals surface area contributed by atoms with E-state index in [0.29, 0.717) is 0 Å². The largest absolute Gasteiger partial charge is 0.350 e. The molecule has 2 heterocycles. The Kier molecular flexibility index (Phi) is 3.13. The second kappa shape index (κ2) is 4.77. The Bertz CT molecular complexity index is 547.